The monoisotopic (exact) mass is 269 g/mol. The van der Waals surface area contributed by atoms with Crippen molar-refractivity contribution in [3.8, 4) is 0 Å². The molecule has 5 nitrogen and oxygen atoms in total. The first-order valence-electron chi connectivity index (χ1n) is 7.03. The van der Waals surface area contributed by atoms with E-state index in [1.807, 2.05) is 4.90 Å². The lowest BCUT2D eigenvalue weighted by Crippen LogP contribution is -2.37. The zero-order valence-electron chi connectivity index (χ0n) is 11.7. The Bertz CT molecular complexity index is 366. The van der Waals surface area contributed by atoms with Crippen LogP contribution in [-0.2, 0) is 14.3 Å². The van der Waals surface area contributed by atoms with Crippen LogP contribution in [0.3, 0.4) is 0 Å². The molecule has 5 heteroatoms. The van der Waals surface area contributed by atoms with Crippen molar-refractivity contribution in [3.63, 3.8) is 0 Å². The zero-order valence-corrected chi connectivity index (χ0v) is 11.7. The van der Waals surface area contributed by atoms with Crippen molar-refractivity contribution in [1.29, 1.82) is 0 Å². The summed E-state index contributed by atoms with van der Waals surface area (Å²) in [5.74, 6) is -0.723. The van der Waals surface area contributed by atoms with Gasteiger partial charge in [0.05, 0.1) is 6.10 Å². The Morgan fingerprint density at radius 1 is 1.42 bits per heavy atom. The van der Waals surface area contributed by atoms with E-state index in [1.54, 1.807) is 0 Å². The number of aliphatic carboxylic acids is 1. The largest absolute Gasteiger partial charge is 0.479 e. The fourth-order valence-corrected chi connectivity index (χ4v) is 2.75. The lowest BCUT2D eigenvalue weighted by molar-refractivity contribution is -0.150. The Kier molecular flexibility index (Phi) is 4.13. The molecule has 2 atom stereocenters. The SMILES string of the molecule is CC1(C)CCC(=O)N(CC2CCC(C(=O)O)O2)CC1. The molecule has 0 aromatic rings. The van der Waals surface area contributed by atoms with E-state index >= 15 is 0 Å². The van der Waals surface area contributed by atoms with Crippen LogP contribution in [0.15, 0.2) is 0 Å². The number of ether oxygens (including phenoxy) is 1. The molecule has 2 unspecified atom stereocenters. The van der Waals surface area contributed by atoms with Crippen molar-refractivity contribution in [3.05, 3.63) is 0 Å². The lowest BCUT2D eigenvalue weighted by Gasteiger charge is -2.25. The quantitative estimate of drug-likeness (QED) is 0.846. The summed E-state index contributed by atoms with van der Waals surface area (Å²) < 4.78 is 5.47. The van der Waals surface area contributed by atoms with Gasteiger partial charge in [0.15, 0.2) is 6.10 Å². The first-order chi connectivity index (χ1) is 8.87. The summed E-state index contributed by atoms with van der Waals surface area (Å²) in [4.78, 5) is 24.7. The number of likely N-dealkylation sites (tertiary alicyclic amines) is 1. The molecule has 0 aliphatic carbocycles. The predicted molar refractivity (Wildman–Crippen MR) is 69.7 cm³/mol. The topological polar surface area (TPSA) is 66.8 Å². The van der Waals surface area contributed by atoms with Crippen LogP contribution in [0.2, 0.25) is 0 Å². The number of hydrogen-bond acceptors (Lipinski definition) is 3. The second-order valence-electron chi connectivity index (χ2n) is 6.42. The average Bonchev–Trinajstić information content (AvgIpc) is 2.75. The highest BCUT2D eigenvalue weighted by Gasteiger charge is 2.34. The highest BCUT2D eigenvalue weighted by atomic mass is 16.5. The summed E-state index contributed by atoms with van der Waals surface area (Å²) in [6.07, 6.45) is 2.97. The summed E-state index contributed by atoms with van der Waals surface area (Å²) in [7, 11) is 0. The molecule has 2 heterocycles. The van der Waals surface area contributed by atoms with Crippen molar-refractivity contribution in [2.45, 2.75) is 58.2 Å². The van der Waals surface area contributed by atoms with Gasteiger partial charge in [0.1, 0.15) is 0 Å². The molecule has 2 rings (SSSR count). The number of hydrogen-bond donors (Lipinski definition) is 1. The van der Waals surface area contributed by atoms with E-state index in [4.69, 9.17) is 9.84 Å². The molecule has 0 aromatic carbocycles. The van der Waals surface area contributed by atoms with Gasteiger partial charge in [-0.2, -0.15) is 0 Å². The van der Waals surface area contributed by atoms with Gasteiger partial charge in [-0.3, -0.25) is 4.79 Å². The van der Waals surface area contributed by atoms with E-state index in [2.05, 4.69) is 13.8 Å². The highest BCUT2D eigenvalue weighted by molar-refractivity contribution is 5.76. The Morgan fingerprint density at radius 3 is 2.79 bits per heavy atom. The van der Waals surface area contributed by atoms with E-state index in [1.165, 1.54) is 0 Å². The third kappa shape index (κ3) is 3.69. The van der Waals surface area contributed by atoms with Gasteiger partial charge in [0.25, 0.3) is 0 Å². The van der Waals surface area contributed by atoms with Gasteiger partial charge >= 0.3 is 5.97 Å². The van der Waals surface area contributed by atoms with E-state index < -0.39 is 12.1 Å². The third-order valence-corrected chi connectivity index (χ3v) is 4.23. The van der Waals surface area contributed by atoms with Crippen LogP contribution in [0, 0.1) is 5.41 Å². The van der Waals surface area contributed by atoms with E-state index in [9.17, 15) is 9.59 Å². The maximum Gasteiger partial charge on any atom is 0.332 e. The molecular weight excluding hydrogens is 246 g/mol. The van der Waals surface area contributed by atoms with Crippen molar-refractivity contribution in [2.75, 3.05) is 13.1 Å². The van der Waals surface area contributed by atoms with E-state index in [-0.39, 0.29) is 17.4 Å². The van der Waals surface area contributed by atoms with Crippen LogP contribution < -0.4 is 0 Å². The molecule has 2 saturated heterocycles. The first kappa shape index (κ1) is 14.3. The molecule has 1 N–H and O–H groups in total. The zero-order chi connectivity index (χ0) is 14.0. The number of amides is 1. The number of rotatable bonds is 3. The van der Waals surface area contributed by atoms with Crippen LogP contribution in [-0.4, -0.2) is 47.2 Å². The molecule has 2 aliphatic rings. The number of nitrogens with zero attached hydrogens (tertiary/aromatic N) is 1. The first-order valence-corrected chi connectivity index (χ1v) is 7.03. The average molecular weight is 269 g/mol. The lowest BCUT2D eigenvalue weighted by atomic mass is 9.85. The Labute approximate surface area is 113 Å². The van der Waals surface area contributed by atoms with Crippen molar-refractivity contribution >= 4 is 11.9 Å². The van der Waals surface area contributed by atoms with Gasteiger partial charge in [0, 0.05) is 19.5 Å². The Balaban J connectivity index is 1.88. The number of carbonyl (C=O) groups is 2. The van der Waals surface area contributed by atoms with Gasteiger partial charge in [-0.05, 0) is 31.1 Å². The molecule has 19 heavy (non-hydrogen) atoms. The molecule has 2 fully saturated rings. The maximum atomic E-state index is 12.1. The van der Waals surface area contributed by atoms with Crippen molar-refractivity contribution in [1.82, 2.24) is 4.90 Å². The Hall–Kier alpha value is -1.10. The predicted octanol–water partition coefficient (Wildman–Crippen LogP) is 1.66. The molecule has 0 saturated carbocycles. The minimum atomic E-state index is -0.897. The number of carboxylic acids is 1. The van der Waals surface area contributed by atoms with E-state index in [0.717, 1.165) is 25.8 Å². The second-order valence-corrected chi connectivity index (χ2v) is 6.42. The molecule has 1 amide bonds. The van der Waals surface area contributed by atoms with Crippen LogP contribution in [0.5, 0.6) is 0 Å². The standard InChI is InChI=1S/C14H23NO4/c1-14(2)6-5-12(16)15(8-7-14)9-10-3-4-11(19-10)13(17)18/h10-11H,3-9H2,1-2H3,(H,17,18). The highest BCUT2D eigenvalue weighted by Crippen LogP contribution is 2.31. The van der Waals surface area contributed by atoms with Crippen molar-refractivity contribution in [2.24, 2.45) is 5.41 Å². The van der Waals surface area contributed by atoms with E-state index in [0.29, 0.717) is 19.4 Å². The molecule has 2 aliphatic heterocycles. The molecule has 108 valence electrons. The smallest absolute Gasteiger partial charge is 0.332 e. The summed E-state index contributed by atoms with van der Waals surface area (Å²) in [5.41, 5.74) is 0.213. The molecule has 0 aromatic heterocycles. The summed E-state index contributed by atoms with van der Waals surface area (Å²) >= 11 is 0. The Morgan fingerprint density at radius 2 is 2.16 bits per heavy atom. The van der Waals surface area contributed by atoms with Crippen LogP contribution in [0.4, 0.5) is 0 Å². The van der Waals surface area contributed by atoms with Gasteiger partial charge in [0.2, 0.25) is 5.91 Å². The minimum Gasteiger partial charge on any atom is -0.479 e. The van der Waals surface area contributed by atoms with Crippen LogP contribution in [0.25, 0.3) is 0 Å². The fraction of sp³-hybridized carbons (Fsp3) is 0.857. The van der Waals surface area contributed by atoms with Gasteiger partial charge in [-0.25, -0.2) is 4.79 Å². The fourth-order valence-electron chi connectivity index (χ4n) is 2.75. The maximum absolute atomic E-state index is 12.1. The molecule has 0 spiro atoms. The minimum absolute atomic E-state index is 0.119. The number of carbonyl (C=O) groups excluding carboxylic acids is 1. The molecule has 0 bridgehead atoms. The third-order valence-electron chi connectivity index (χ3n) is 4.23. The van der Waals surface area contributed by atoms with Crippen molar-refractivity contribution < 1.29 is 19.4 Å². The van der Waals surface area contributed by atoms with Crippen LogP contribution >= 0.6 is 0 Å². The summed E-state index contributed by atoms with van der Waals surface area (Å²) in [6.45, 7) is 5.68. The van der Waals surface area contributed by atoms with Crippen LogP contribution in [0.1, 0.15) is 46.0 Å². The normalized spacial score (nSPS) is 31.3. The molecule has 0 radical (unpaired) electrons. The van der Waals surface area contributed by atoms with Gasteiger partial charge in [-0.15, -0.1) is 0 Å². The second kappa shape index (κ2) is 5.49. The van der Waals surface area contributed by atoms with Gasteiger partial charge < -0.3 is 14.7 Å². The number of carboxylic acid groups (broad SMARTS) is 1. The van der Waals surface area contributed by atoms with Gasteiger partial charge in [-0.1, -0.05) is 13.8 Å². The summed E-state index contributed by atoms with van der Waals surface area (Å²) in [6, 6.07) is 0. The summed E-state index contributed by atoms with van der Waals surface area (Å²) in [5, 5.41) is 8.90. The molecular formula is C14H23NO4.